The molecule has 2 amide bonds. The van der Waals surface area contributed by atoms with Crippen LogP contribution >= 0.6 is 0 Å². The lowest BCUT2D eigenvalue weighted by Gasteiger charge is -2.45. The molecule has 118 valence electrons. The first-order chi connectivity index (χ1) is 11.1. The molecule has 1 aromatic carbocycles. The molecule has 1 aliphatic heterocycles. The van der Waals surface area contributed by atoms with Gasteiger partial charge in [0.25, 0.3) is 0 Å². The van der Waals surface area contributed by atoms with Gasteiger partial charge < -0.3 is 4.74 Å². The third kappa shape index (κ3) is 1.70. The fourth-order valence-electron chi connectivity index (χ4n) is 4.41. The second-order valence-electron chi connectivity index (χ2n) is 6.44. The molecule has 4 aliphatic rings. The summed E-state index contributed by atoms with van der Waals surface area (Å²) >= 11 is 0. The number of para-hydroxylation sites is 1. The molecule has 2 fully saturated rings. The summed E-state index contributed by atoms with van der Waals surface area (Å²) in [5, 5.41) is 0. The quantitative estimate of drug-likeness (QED) is 0.476. The minimum Gasteiger partial charge on any atom is -0.469 e. The average molecular weight is 311 g/mol. The molecule has 1 saturated carbocycles. The zero-order valence-electron chi connectivity index (χ0n) is 12.8. The van der Waals surface area contributed by atoms with Crippen molar-refractivity contribution in [2.45, 2.75) is 12.8 Å². The maximum atomic E-state index is 13.1. The van der Waals surface area contributed by atoms with Crippen molar-refractivity contribution >= 4 is 23.5 Å². The Bertz CT molecular complexity index is 726. The smallest absolute Gasteiger partial charge is 0.310 e. The third-order valence-electron chi connectivity index (χ3n) is 5.48. The van der Waals surface area contributed by atoms with Crippen LogP contribution in [0.1, 0.15) is 12.8 Å². The van der Waals surface area contributed by atoms with E-state index in [0.717, 1.165) is 6.42 Å². The number of methoxy groups -OCH3 is 1. The van der Waals surface area contributed by atoms with Gasteiger partial charge in [0.05, 0.1) is 30.0 Å². The Morgan fingerprint density at radius 2 is 2.00 bits per heavy atom. The van der Waals surface area contributed by atoms with E-state index in [2.05, 4.69) is 0 Å². The van der Waals surface area contributed by atoms with Gasteiger partial charge in [-0.15, -0.1) is 0 Å². The zero-order chi connectivity index (χ0) is 16.2. The Hall–Kier alpha value is -2.43. The van der Waals surface area contributed by atoms with Gasteiger partial charge in [0.2, 0.25) is 11.8 Å². The molecule has 5 heteroatoms. The van der Waals surface area contributed by atoms with E-state index >= 15 is 0 Å². The fourth-order valence-corrected chi connectivity index (χ4v) is 4.41. The van der Waals surface area contributed by atoms with Gasteiger partial charge in [0.1, 0.15) is 0 Å². The van der Waals surface area contributed by atoms with Crippen LogP contribution in [0, 0.1) is 23.2 Å². The van der Waals surface area contributed by atoms with Crippen molar-refractivity contribution in [1.29, 1.82) is 0 Å². The highest BCUT2D eigenvalue weighted by Gasteiger charge is 2.67. The summed E-state index contributed by atoms with van der Waals surface area (Å²) in [7, 11) is 1.33. The molecule has 0 radical (unpaired) electrons. The Kier molecular flexibility index (Phi) is 2.95. The molecule has 5 nitrogen and oxygen atoms in total. The average Bonchev–Trinajstić information content (AvgIpc) is 2.83. The Labute approximate surface area is 133 Å². The largest absolute Gasteiger partial charge is 0.469 e. The predicted molar refractivity (Wildman–Crippen MR) is 82.2 cm³/mol. The molecular weight excluding hydrogens is 294 g/mol. The predicted octanol–water partition coefficient (Wildman–Crippen LogP) is 1.93. The number of hydrogen-bond donors (Lipinski definition) is 0. The summed E-state index contributed by atoms with van der Waals surface area (Å²) in [6.45, 7) is 0. The number of anilines is 1. The SMILES string of the molecule is COC(=O)[C@H]1[C@@H]2C=C[C@]3(CC2)C(=O)N(c2ccccc2)C(=O)[C@H]13. The molecular formula is C18H17NO4. The van der Waals surface area contributed by atoms with E-state index in [4.69, 9.17) is 4.74 Å². The number of nitrogens with zero attached hydrogens (tertiary/aromatic N) is 1. The number of esters is 1. The number of amides is 2. The molecule has 0 aromatic heterocycles. The topological polar surface area (TPSA) is 63.7 Å². The van der Waals surface area contributed by atoms with Gasteiger partial charge in [-0.25, -0.2) is 4.90 Å². The number of imide groups is 1. The van der Waals surface area contributed by atoms with Crippen LogP contribution in [0.5, 0.6) is 0 Å². The second kappa shape index (κ2) is 4.78. The maximum absolute atomic E-state index is 13.1. The number of benzene rings is 1. The number of hydrogen-bond acceptors (Lipinski definition) is 4. The van der Waals surface area contributed by atoms with Crippen molar-refractivity contribution in [1.82, 2.24) is 0 Å². The molecule has 5 rings (SSSR count). The first kappa shape index (κ1) is 14.2. The summed E-state index contributed by atoms with van der Waals surface area (Å²) < 4.78 is 4.92. The number of fused-ring (bicyclic) bond motifs is 1. The lowest BCUT2D eigenvalue weighted by molar-refractivity contribution is -0.157. The molecule has 23 heavy (non-hydrogen) atoms. The highest BCUT2D eigenvalue weighted by molar-refractivity contribution is 6.25. The molecule has 4 atom stereocenters. The Morgan fingerprint density at radius 3 is 2.61 bits per heavy atom. The van der Waals surface area contributed by atoms with Crippen LogP contribution < -0.4 is 4.90 Å². The lowest BCUT2D eigenvalue weighted by Crippen LogP contribution is -2.50. The van der Waals surface area contributed by atoms with E-state index < -0.39 is 23.2 Å². The molecule has 0 unspecified atom stereocenters. The standard InChI is InChI=1S/C18H17NO4/c1-23-16(21)13-11-7-9-18(10-8-11)14(13)15(20)19(17(18)22)12-5-3-2-4-6-12/h2-7,9,11,13-14H,8,10H2,1H3/t11-,13+,14+,18-/m1/s1. The van der Waals surface area contributed by atoms with Crippen LogP contribution in [0.15, 0.2) is 42.5 Å². The van der Waals surface area contributed by atoms with Crippen LogP contribution in [-0.2, 0) is 19.1 Å². The number of rotatable bonds is 2. The number of carbonyl (C=O) groups is 3. The normalized spacial score (nSPS) is 34.7. The van der Waals surface area contributed by atoms with E-state index in [9.17, 15) is 14.4 Å². The van der Waals surface area contributed by atoms with Gasteiger partial charge in [0, 0.05) is 0 Å². The lowest BCUT2D eigenvalue weighted by atomic mass is 9.55. The highest BCUT2D eigenvalue weighted by Crippen LogP contribution is 2.58. The number of ether oxygens (including phenoxy) is 1. The van der Waals surface area contributed by atoms with E-state index in [1.165, 1.54) is 12.0 Å². The van der Waals surface area contributed by atoms with Gasteiger partial charge in [-0.05, 0) is 30.9 Å². The van der Waals surface area contributed by atoms with Gasteiger partial charge in [-0.3, -0.25) is 14.4 Å². The van der Waals surface area contributed by atoms with Crippen LogP contribution in [0.4, 0.5) is 5.69 Å². The van der Waals surface area contributed by atoms with Crippen LogP contribution in [-0.4, -0.2) is 24.9 Å². The van der Waals surface area contributed by atoms with Gasteiger partial charge in [-0.2, -0.15) is 0 Å². The molecule has 1 spiro atoms. The number of allylic oxidation sites excluding steroid dienone is 1. The van der Waals surface area contributed by atoms with Crippen molar-refractivity contribution in [3.8, 4) is 0 Å². The van der Waals surface area contributed by atoms with Crippen molar-refractivity contribution in [2.75, 3.05) is 12.0 Å². The zero-order valence-corrected chi connectivity index (χ0v) is 12.8. The molecule has 3 aliphatic carbocycles. The van der Waals surface area contributed by atoms with Crippen LogP contribution in [0.25, 0.3) is 0 Å². The molecule has 2 bridgehead atoms. The number of carbonyl (C=O) groups excluding carboxylic acids is 3. The molecule has 1 saturated heterocycles. The van der Waals surface area contributed by atoms with Crippen molar-refractivity contribution < 1.29 is 19.1 Å². The second-order valence-corrected chi connectivity index (χ2v) is 6.44. The van der Waals surface area contributed by atoms with Gasteiger partial charge >= 0.3 is 5.97 Å². The van der Waals surface area contributed by atoms with E-state index in [1.807, 2.05) is 18.2 Å². The van der Waals surface area contributed by atoms with Crippen LogP contribution in [0.3, 0.4) is 0 Å². The van der Waals surface area contributed by atoms with Crippen molar-refractivity contribution in [3.05, 3.63) is 42.5 Å². The summed E-state index contributed by atoms with van der Waals surface area (Å²) in [5.41, 5.74) is -0.327. The van der Waals surface area contributed by atoms with E-state index in [0.29, 0.717) is 12.1 Å². The fraction of sp³-hybridized carbons (Fsp3) is 0.389. The highest BCUT2D eigenvalue weighted by atomic mass is 16.5. The Morgan fingerprint density at radius 1 is 1.26 bits per heavy atom. The summed E-state index contributed by atoms with van der Waals surface area (Å²) in [4.78, 5) is 39.6. The maximum Gasteiger partial charge on any atom is 0.310 e. The summed E-state index contributed by atoms with van der Waals surface area (Å²) in [5.74, 6) is -2.14. The molecule has 0 N–H and O–H groups in total. The van der Waals surface area contributed by atoms with Crippen LogP contribution in [0.2, 0.25) is 0 Å². The Balaban J connectivity index is 1.84. The molecule has 1 heterocycles. The van der Waals surface area contributed by atoms with E-state index in [1.54, 1.807) is 24.3 Å². The summed E-state index contributed by atoms with van der Waals surface area (Å²) in [6, 6.07) is 8.91. The first-order valence-corrected chi connectivity index (χ1v) is 7.81. The van der Waals surface area contributed by atoms with Gasteiger partial charge in [0.15, 0.2) is 0 Å². The minimum absolute atomic E-state index is 0.0261. The molecule has 1 aromatic rings. The first-order valence-electron chi connectivity index (χ1n) is 7.81. The van der Waals surface area contributed by atoms with Gasteiger partial charge in [-0.1, -0.05) is 30.4 Å². The van der Waals surface area contributed by atoms with Crippen molar-refractivity contribution in [2.24, 2.45) is 23.2 Å². The summed E-state index contributed by atoms with van der Waals surface area (Å²) in [6.07, 6.45) is 5.12. The third-order valence-corrected chi connectivity index (χ3v) is 5.48. The van der Waals surface area contributed by atoms with Crippen molar-refractivity contribution in [3.63, 3.8) is 0 Å². The van der Waals surface area contributed by atoms with E-state index in [-0.39, 0.29) is 17.7 Å². The monoisotopic (exact) mass is 311 g/mol. The minimum atomic E-state index is -0.888.